The molecule has 0 aromatic carbocycles. The number of rotatable bonds is 4. The molecule has 5 rings (SSSR count). The summed E-state index contributed by atoms with van der Waals surface area (Å²) in [5, 5.41) is 4.76. The second-order valence-corrected chi connectivity index (χ2v) is 7.79. The van der Waals surface area contributed by atoms with Crippen molar-refractivity contribution in [2.75, 3.05) is 31.1 Å². The monoisotopic (exact) mass is 379 g/mol. The van der Waals surface area contributed by atoms with Crippen LogP contribution >= 0.6 is 0 Å². The highest BCUT2D eigenvalue weighted by Crippen LogP contribution is 2.27. The van der Waals surface area contributed by atoms with Gasteiger partial charge in [0.2, 0.25) is 5.91 Å². The highest BCUT2D eigenvalue weighted by atomic mass is 16.3. The first kappa shape index (κ1) is 17.3. The standard InChI is InChI=1S/C21H25N5O2/c27-20(13-18-6-4-12-28-18)25-11-3-5-16(14-25)21-22-19-8-7-17(15-26(19)23-21)24-9-1-2-10-24/h4,6-8,12,15-16H,1-3,5,9-11,13-14H2/t16-/m1/s1. The number of fused-ring (bicyclic) bond motifs is 1. The highest BCUT2D eigenvalue weighted by Gasteiger charge is 2.28. The van der Waals surface area contributed by atoms with E-state index in [9.17, 15) is 4.79 Å². The predicted molar refractivity (Wildman–Crippen MR) is 105 cm³/mol. The van der Waals surface area contributed by atoms with Gasteiger partial charge in [-0.05, 0) is 49.9 Å². The number of carbonyl (C=O) groups is 1. The number of nitrogens with zero attached hydrogens (tertiary/aromatic N) is 5. The molecule has 3 aromatic rings. The van der Waals surface area contributed by atoms with E-state index in [-0.39, 0.29) is 11.8 Å². The summed E-state index contributed by atoms with van der Waals surface area (Å²) in [7, 11) is 0. The number of hydrogen-bond donors (Lipinski definition) is 0. The molecule has 0 spiro atoms. The van der Waals surface area contributed by atoms with Crippen LogP contribution in [0.4, 0.5) is 5.69 Å². The minimum absolute atomic E-state index is 0.111. The Morgan fingerprint density at radius 3 is 2.86 bits per heavy atom. The van der Waals surface area contributed by atoms with Gasteiger partial charge >= 0.3 is 0 Å². The van der Waals surface area contributed by atoms with Crippen LogP contribution in [0.5, 0.6) is 0 Å². The molecule has 2 fully saturated rings. The fourth-order valence-corrected chi connectivity index (χ4v) is 4.31. The van der Waals surface area contributed by atoms with Crippen LogP contribution in [-0.2, 0) is 11.2 Å². The number of aromatic nitrogens is 3. The molecule has 0 bridgehead atoms. The first-order valence-electron chi connectivity index (χ1n) is 10.2. The van der Waals surface area contributed by atoms with Crippen LogP contribution in [0.25, 0.3) is 5.65 Å². The molecule has 0 saturated carbocycles. The van der Waals surface area contributed by atoms with E-state index in [4.69, 9.17) is 14.5 Å². The summed E-state index contributed by atoms with van der Waals surface area (Å²) in [6.45, 7) is 3.70. The van der Waals surface area contributed by atoms with Crippen molar-refractivity contribution < 1.29 is 9.21 Å². The fourth-order valence-electron chi connectivity index (χ4n) is 4.31. The van der Waals surface area contributed by atoms with E-state index < -0.39 is 0 Å². The van der Waals surface area contributed by atoms with Crippen molar-refractivity contribution >= 4 is 17.2 Å². The van der Waals surface area contributed by atoms with Crippen molar-refractivity contribution in [3.05, 3.63) is 48.3 Å². The van der Waals surface area contributed by atoms with Crippen LogP contribution in [-0.4, -0.2) is 51.6 Å². The molecule has 146 valence electrons. The lowest BCUT2D eigenvalue weighted by Gasteiger charge is -2.31. The van der Waals surface area contributed by atoms with Crippen molar-refractivity contribution in [2.45, 2.75) is 38.0 Å². The Bertz CT molecular complexity index is 959. The second kappa shape index (κ2) is 7.30. The van der Waals surface area contributed by atoms with Gasteiger partial charge < -0.3 is 14.2 Å². The zero-order valence-corrected chi connectivity index (χ0v) is 16.0. The summed E-state index contributed by atoms with van der Waals surface area (Å²) in [4.78, 5) is 21.7. The average molecular weight is 379 g/mol. The summed E-state index contributed by atoms with van der Waals surface area (Å²) in [6, 6.07) is 7.85. The Balaban J connectivity index is 1.32. The maximum absolute atomic E-state index is 12.6. The molecular weight excluding hydrogens is 354 g/mol. The molecule has 1 amide bonds. The van der Waals surface area contributed by atoms with E-state index >= 15 is 0 Å². The Morgan fingerprint density at radius 1 is 1.14 bits per heavy atom. The molecule has 0 unspecified atom stereocenters. The van der Waals surface area contributed by atoms with Crippen LogP contribution in [0, 0.1) is 0 Å². The molecule has 28 heavy (non-hydrogen) atoms. The molecule has 2 aliphatic heterocycles. The number of carbonyl (C=O) groups excluding carboxylic acids is 1. The largest absolute Gasteiger partial charge is 0.469 e. The van der Waals surface area contributed by atoms with E-state index in [1.54, 1.807) is 6.26 Å². The maximum atomic E-state index is 12.6. The van der Waals surface area contributed by atoms with Crippen LogP contribution in [0.1, 0.15) is 43.2 Å². The minimum Gasteiger partial charge on any atom is -0.469 e. The second-order valence-electron chi connectivity index (χ2n) is 7.79. The molecule has 2 saturated heterocycles. The summed E-state index contributed by atoms with van der Waals surface area (Å²) in [5.41, 5.74) is 2.08. The van der Waals surface area contributed by atoms with Crippen LogP contribution < -0.4 is 4.90 Å². The minimum atomic E-state index is 0.111. The third-order valence-corrected chi connectivity index (χ3v) is 5.85. The topological polar surface area (TPSA) is 66.9 Å². The van der Waals surface area contributed by atoms with E-state index in [1.807, 2.05) is 27.6 Å². The number of anilines is 1. The first-order chi connectivity index (χ1) is 13.8. The van der Waals surface area contributed by atoms with Crippen LogP contribution in [0.15, 0.2) is 41.1 Å². The zero-order chi connectivity index (χ0) is 18.9. The van der Waals surface area contributed by atoms with Crippen molar-refractivity contribution in [1.82, 2.24) is 19.5 Å². The van der Waals surface area contributed by atoms with Gasteiger partial charge in [-0.25, -0.2) is 9.50 Å². The fraction of sp³-hybridized carbons (Fsp3) is 0.476. The molecule has 0 radical (unpaired) electrons. The van der Waals surface area contributed by atoms with Gasteiger partial charge in [0.25, 0.3) is 0 Å². The van der Waals surface area contributed by atoms with Gasteiger partial charge in [-0.2, -0.15) is 5.10 Å². The van der Waals surface area contributed by atoms with Gasteiger partial charge in [-0.15, -0.1) is 0 Å². The molecule has 0 aliphatic carbocycles. The number of piperidine rings is 1. The molecule has 5 heterocycles. The van der Waals surface area contributed by atoms with E-state index in [1.165, 1.54) is 18.5 Å². The van der Waals surface area contributed by atoms with Gasteiger partial charge in [0.1, 0.15) is 5.76 Å². The van der Waals surface area contributed by atoms with Crippen LogP contribution in [0.2, 0.25) is 0 Å². The highest BCUT2D eigenvalue weighted by molar-refractivity contribution is 5.78. The predicted octanol–water partition coefficient (Wildman–Crippen LogP) is 2.87. The molecular formula is C21H25N5O2. The van der Waals surface area contributed by atoms with Gasteiger partial charge in [0.15, 0.2) is 11.5 Å². The van der Waals surface area contributed by atoms with Gasteiger partial charge in [0, 0.05) is 32.1 Å². The summed E-state index contributed by atoms with van der Waals surface area (Å²) in [5.74, 6) is 1.85. The van der Waals surface area contributed by atoms with Gasteiger partial charge in [-0.3, -0.25) is 4.79 Å². The molecule has 3 aromatic heterocycles. The molecule has 2 aliphatic rings. The van der Waals surface area contributed by atoms with Crippen molar-refractivity contribution in [3.8, 4) is 0 Å². The lowest BCUT2D eigenvalue weighted by molar-refractivity contribution is -0.132. The molecule has 7 heteroatoms. The smallest absolute Gasteiger partial charge is 0.230 e. The average Bonchev–Trinajstić information content (AvgIpc) is 3.48. The van der Waals surface area contributed by atoms with E-state index in [2.05, 4.69) is 17.2 Å². The van der Waals surface area contributed by atoms with Gasteiger partial charge in [-0.1, -0.05) is 0 Å². The van der Waals surface area contributed by atoms with E-state index in [0.717, 1.165) is 43.9 Å². The third kappa shape index (κ3) is 3.37. The number of hydrogen-bond acceptors (Lipinski definition) is 5. The van der Waals surface area contributed by atoms with Gasteiger partial charge in [0.05, 0.1) is 24.6 Å². The molecule has 1 atom stereocenters. The summed E-state index contributed by atoms with van der Waals surface area (Å²) >= 11 is 0. The quantitative estimate of drug-likeness (QED) is 0.697. The number of likely N-dealkylation sites (tertiary alicyclic amines) is 1. The number of furan rings is 1. The number of pyridine rings is 1. The lowest BCUT2D eigenvalue weighted by atomic mass is 9.97. The first-order valence-corrected chi connectivity index (χ1v) is 10.2. The summed E-state index contributed by atoms with van der Waals surface area (Å²) < 4.78 is 7.22. The Kier molecular flexibility index (Phi) is 4.50. The normalized spacial score (nSPS) is 20.2. The Morgan fingerprint density at radius 2 is 2.04 bits per heavy atom. The van der Waals surface area contributed by atoms with E-state index in [0.29, 0.717) is 18.7 Å². The zero-order valence-electron chi connectivity index (χ0n) is 16.0. The SMILES string of the molecule is O=C(Cc1ccco1)N1CCC[C@@H](c2nc3ccc(N4CCCC4)cn3n2)C1. The van der Waals surface area contributed by atoms with Crippen molar-refractivity contribution in [3.63, 3.8) is 0 Å². The Hall–Kier alpha value is -2.83. The lowest BCUT2D eigenvalue weighted by Crippen LogP contribution is -2.40. The molecule has 7 nitrogen and oxygen atoms in total. The summed E-state index contributed by atoms with van der Waals surface area (Å²) in [6.07, 6.45) is 8.51. The maximum Gasteiger partial charge on any atom is 0.230 e. The van der Waals surface area contributed by atoms with Crippen LogP contribution in [0.3, 0.4) is 0 Å². The molecule has 0 N–H and O–H groups in total. The Labute approximate surface area is 163 Å². The van der Waals surface area contributed by atoms with Crippen molar-refractivity contribution in [1.29, 1.82) is 0 Å². The van der Waals surface area contributed by atoms with Crippen molar-refractivity contribution in [2.24, 2.45) is 0 Å². The number of amides is 1. The third-order valence-electron chi connectivity index (χ3n) is 5.85.